The number of halogens is 3. The molecule has 6 rings (SSSR count). The van der Waals surface area contributed by atoms with Gasteiger partial charge in [0.05, 0.1) is 31.6 Å². The standard InChI is InChI=1S/C30H24F3N7O2S/c31-20-6-7-22(34-12-20)11-26(41)37-23-8-9-25(33)24(10-23)30-17-40(28-35-13-21(32)14-36-28)15-19(30)16-43-29(39-30)38-27(42)18-4-2-1-3-5-18/h1-10,12-14,19H,11,15-17H2,(H,37,41)(H,38,39,42). The van der Waals surface area contributed by atoms with Gasteiger partial charge < -0.3 is 15.5 Å². The molecule has 2 N–H and O–H groups in total. The largest absolute Gasteiger partial charge is 0.338 e. The van der Waals surface area contributed by atoms with Crippen LogP contribution in [0.2, 0.25) is 0 Å². The average molecular weight is 604 g/mol. The van der Waals surface area contributed by atoms with Crippen molar-refractivity contribution in [2.24, 2.45) is 10.9 Å². The van der Waals surface area contributed by atoms with E-state index in [4.69, 9.17) is 4.99 Å². The van der Waals surface area contributed by atoms with Crippen LogP contribution in [0, 0.1) is 23.4 Å². The smallest absolute Gasteiger partial charge is 0.257 e. The number of amides is 2. The first-order chi connectivity index (χ1) is 20.8. The molecule has 0 bridgehead atoms. The highest BCUT2D eigenvalue weighted by Gasteiger charge is 2.52. The van der Waals surface area contributed by atoms with Gasteiger partial charge in [-0.2, -0.15) is 0 Å². The quantitative estimate of drug-likeness (QED) is 0.337. The Hall–Kier alpha value is -4.78. The SMILES string of the molecule is O=C(Cc1ccc(F)cn1)Nc1ccc(F)c(C23CN(c4ncc(F)cn4)CC2CSC(NC(=O)c2ccccc2)=N3)c1. The zero-order valence-corrected chi connectivity index (χ0v) is 23.3. The maximum atomic E-state index is 15.7. The fraction of sp³-hybridized carbons (Fsp3) is 0.200. The molecule has 2 amide bonds. The Balaban J connectivity index is 1.34. The molecule has 218 valence electrons. The van der Waals surface area contributed by atoms with Gasteiger partial charge in [0.2, 0.25) is 11.9 Å². The van der Waals surface area contributed by atoms with Crippen LogP contribution in [0.15, 0.2) is 84.2 Å². The minimum Gasteiger partial charge on any atom is -0.338 e. The highest BCUT2D eigenvalue weighted by atomic mass is 32.2. The Morgan fingerprint density at radius 1 is 0.930 bits per heavy atom. The van der Waals surface area contributed by atoms with Crippen molar-refractivity contribution in [2.75, 3.05) is 29.1 Å². The van der Waals surface area contributed by atoms with E-state index in [1.54, 1.807) is 35.2 Å². The molecular formula is C30H24F3N7O2S. The van der Waals surface area contributed by atoms with Crippen LogP contribution >= 0.6 is 11.8 Å². The zero-order valence-electron chi connectivity index (χ0n) is 22.5. The summed E-state index contributed by atoms with van der Waals surface area (Å²) in [5.74, 6) is -1.91. The van der Waals surface area contributed by atoms with Gasteiger partial charge in [0, 0.05) is 40.7 Å². The number of benzene rings is 2. The molecule has 2 aliphatic rings. The summed E-state index contributed by atoms with van der Waals surface area (Å²) in [6, 6.07) is 15.5. The number of aliphatic imine (C=N–C) groups is 1. The number of carbonyl (C=O) groups is 2. The van der Waals surface area contributed by atoms with Crippen LogP contribution in [-0.2, 0) is 16.8 Å². The Labute approximate surface area is 248 Å². The van der Waals surface area contributed by atoms with Crippen LogP contribution < -0.4 is 15.5 Å². The van der Waals surface area contributed by atoms with Gasteiger partial charge in [-0.15, -0.1) is 0 Å². The van der Waals surface area contributed by atoms with E-state index >= 15 is 4.39 Å². The Morgan fingerprint density at radius 3 is 2.44 bits per heavy atom. The predicted octanol–water partition coefficient (Wildman–Crippen LogP) is 4.33. The van der Waals surface area contributed by atoms with Crippen molar-refractivity contribution in [2.45, 2.75) is 12.0 Å². The summed E-state index contributed by atoms with van der Waals surface area (Å²) in [7, 11) is 0. The molecule has 43 heavy (non-hydrogen) atoms. The number of pyridine rings is 1. The second kappa shape index (κ2) is 11.8. The number of carbonyl (C=O) groups excluding carboxylic acids is 2. The fourth-order valence-corrected chi connectivity index (χ4v) is 6.37. The van der Waals surface area contributed by atoms with E-state index in [0.29, 0.717) is 34.4 Å². The lowest BCUT2D eigenvalue weighted by molar-refractivity contribution is -0.115. The second-order valence-electron chi connectivity index (χ2n) is 10.1. The van der Waals surface area contributed by atoms with Gasteiger partial charge in [-0.3, -0.25) is 14.6 Å². The molecule has 0 spiro atoms. The zero-order chi connectivity index (χ0) is 30.0. The van der Waals surface area contributed by atoms with E-state index in [-0.39, 0.29) is 36.3 Å². The predicted molar refractivity (Wildman–Crippen MR) is 156 cm³/mol. The Bertz CT molecular complexity index is 1690. The molecule has 1 fully saturated rings. The minimum absolute atomic E-state index is 0.110. The number of rotatable bonds is 6. The van der Waals surface area contributed by atoms with E-state index in [1.807, 2.05) is 0 Å². The van der Waals surface area contributed by atoms with E-state index < -0.39 is 28.9 Å². The van der Waals surface area contributed by atoms with Crippen molar-refractivity contribution in [3.63, 3.8) is 0 Å². The normalized spacial score (nSPS) is 19.4. The molecule has 9 nitrogen and oxygen atoms in total. The highest BCUT2D eigenvalue weighted by molar-refractivity contribution is 8.13. The number of nitrogens with one attached hydrogen (secondary N) is 2. The molecule has 4 heterocycles. The Kier molecular flexibility index (Phi) is 7.80. The minimum atomic E-state index is -1.19. The van der Waals surface area contributed by atoms with E-state index in [2.05, 4.69) is 25.6 Å². The fourth-order valence-electron chi connectivity index (χ4n) is 5.24. The third kappa shape index (κ3) is 6.07. The second-order valence-corrected chi connectivity index (χ2v) is 11.1. The molecule has 4 aromatic rings. The van der Waals surface area contributed by atoms with Crippen LogP contribution in [0.25, 0.3) is 0 Å². The molecule has 0 saturated carbocycles. The van der Waals surface area contributed by atoms with Crippen LogP contribution in [-0.4, -0.2) is 50.8 Å². The maximum Gasteiger partial charge on any atom is 0.257 e. The number of nitrogens with zero attached hydrogens (tertiary/aromatic N) is 5. The van der Waals surface area contributed by atoms with Gasteiger partial charge in [0.1, 0.15) is 17.2 Å². The van der Waals surface area contributed by atoms with Crippen LogP contribution in [0.3, 0.4) is 0 Å². The van der Waals surface area contributed by atoms with Gasteiger partial charge in [-0.25, -0.2) is 28.1 Å². The van der Waals surface area contributed by atoms with Crippen LogP contribution in [0.5, 0.6) is 0 Å². The topological polar surface area (TPSA) is 112 Å². The van der Waals surface area contributed by atoms with Gasteiger partial charge in [0.25, 0.3) is 5.91 Å². The van der Waals surface area contributed by atoms with E-state index in [0.717, 1.165) is 18.6 Å². The molecule has 1 saturated heterocycles. The first kappa shape index (κ1) is 28.3. The van der Waals surface area contributed by atoms with Crippen molar-refractivity contribution < 1.29 is 22.8 Å². The van der Waals surface area contributed by atoms with Crippen LogP contribution in [0.4, 0.5) is 24.8 Å². The van der Waals surface area contributed by atoms with Crippen molar-refractivity contribution in [1.82, 2.24) is 20.3 Å². The van der Waals surface area contributed by atoms with Crippen molar-refractivity contribution in [3.8, 4) is 0 Å². The average Bonchev–Trinajstić information content (AvgIpc) is 3.40. The maximum absolute atomic E-state index is 15.7. The monoisotopic (exact) mass is 603 g/mol. The van der Waals surface area contributed by atoms with Gasteiger partial charge in [0.15, 0.2) is 11.0 Å². The number of hydrogen-bond acceptors (Lipinski definition) is 8. The molecule has 0 aliphatic carbocycles. The summed E-state index contributed by atoms with van der Waals surface area (Å²) in [4.78, 5) is 44.6. The summed E-state index contributed by atoms with van der Waals surface area (Å²) in [6.07, 6.45) is 3.04. The first-order valence-corrected chi connectivity index (χ1v) is 14.3. The number of anilines is 2. The third-order valence-electron chi connectivity index (χ3n) is 7.26. The summed E-state index contributed by atoms with van der Waals surface area (Å²) < 4.78 is 42.5. The number of aromatic nitrogens is 3. The first-order valence-electron chi connectivity index (χ1n) is 13.3. The van der Waals surface area contributed by atoms with E-state index in [9.17, 15) is 18.4 Å². The lowest BCUT2D eigenvalue weighted by atomic mass is 9.81. The van der Waals surface area contributed by atoms with Gasteiger partial charge in [-0.05, 0) is 42.5 Å². The number of fused-ring (bicyclic) bond motifs is 1. The molecule has 2 atom stereocenters. The van der Waals surface area contributed by atoms with Crippen molar-refractivity contribution >= 4 is 40.4 Å². The number of amidine groups is 1. The number of thioether (sulfide) groups is 1. The van der Waals surface area contributed by atoms with Gasteiger partial charge >= 0.3 is 0 Å². The lowest BCUT2D eigenvalue weighted by Gasteiger charge is -2.35. The summed E-state index contributed by atoms with van der Waals surface area (Å²) in [5, 5.41) is 5.93. The summed E-state index contributed by atoms with van der Waals surface area (Å²) in [6.45, 7) is 0.538. The van der Waals surface area contributed by atoms with Gasteiger partial charge in [-0.1, -0.05) is 30.0 Å². The molecule has 2 aromatic heterocycles. The third-order valence-corrected chi connectivity index (χ3v) is 8.30. The molecule has 13 heteroatoms. The molecule has 2 unspecified atom stereocenters. The molecule has 0 radical (unpaired) electrons. The van der Waals surface area contributed by atoms with E-state index in [1.165, 1.54) is 42.1 Å². The molecular weight excluding hydrogens is 579 g/mol. The molecule has 2 aliphatic heterocycles. The summed E-state index contributed by atoms with van der Waals surface area (Å²) in [5.41, 5.74) is 0.175. The summed E-state index contributed by atoms with van der Waals surface area (Å²) >= 11 is 1.34. The highest BCUT2D eigenvalue weighted by Crippen LogP contribution is 2.47. The van der Waals surface area contributed by atoms with Crippen molar-refractivity contribution in [1.29, 1.82) is 0 Å². The number of hydrogen-bond donors (Lipinski definition) is 2. The van der Waals surface area contributed by atoms with Crippen molar-refractivity contribution in [3.05, 3.63) is 114 Å². The lowest BCUT2D eigenvalue weighted by Crippen LogP contribution is -2.43. The Morgan fingerprint density at radius 2 is 1.70 bits per heavy atom. The van der Waals surface area contributed by atoms with Crippen LogP contribution in [0.1, 0.15) is 21.6 Å². The molecule has 2 aromatic carbocycles.